The molecule has 0 saturated heterocycles. The first-order valence-electron chi connectivity index (χ1n) is 9.39. The normalized spacial score (nSPS) is 13.7. The molecule has 2 aromatic rings. The molecular formula is C21H24N2O5S. The molecule has 1 aliphatic heterocycles. The van der Waals surface area contributed by atoms with Crippen LogP contribution < -0.4 is 9.62 Å². The highest BCUT2D eigenvalue weighted by Gasteiger charge is 2.24. The Kier molecular flexibility index (Phi) is 6.34. The molecule has 0 spiro atoms. The van der Waals surface area contributed by atoms with E-state index >= 15 is 0 Å². The smallest absolute Gasteiger partial charge is 0.321 e. The third-order valence-electron chi connectivity index (χ3n) is 4.81. The van der Waals surface area contributed by atoms with Crippen LogP contribution >= 0.6 is 0 Å². The number of hydrogen-bond acceptors (Lipinski definition) is 5. The van der Waals surface area contributed by atoms with Crippen molar-refractivity contribution in [3.8, 4) is 0 Å². The third-order valence-corrected chi connectivity index (χ3v) is 6.35. The van der Waals surface area contributed by atoms with E-state index in [0.29, 0.717) is 12.1 Å². The first kappa shape index (κ1) is 21.0. The van der Waals surface area contributed by atoms with Crippen molar-refractivity contribution in [2.45, 2.75) is 31.6 Å². The molecule has 8 heteroatoms. The molecule has 0 saturated carbocycles. The second-order valence-electron chi connectivity index (χ2n) is 7.03. The lowest BCUT2D eigenvalue weighted by Crippen LogP contribution is -2.39. The number of benzene rings is 2. The van der Waals surface area contributed by atoms with Crippen molar-refractivity contribution >= 4 is 27.6 Å². The number of esters is 1. The van der Waals surface area contributed by atoms with Crippen LogP contribution in [0.15, 0.2) is 47.4 Å². The average molecular weight is 416 g/mol. The molecule has 1 N–H and O–H groups in total. The van der Waals surface area contributed by atoms with Crippen molar-refractivity contribution in [1.29, 1.82) is 0 Å². The van der Waals surface area contributed by atoms with Crippen LogP contribution in [-0.4, -0.2) is 40.0 Å². The van der Waals surface area contributed by atoms with Crippen LogP contribution in [0.2, 0.25) is 0 Å². The lowest BCUT2D eigenvalue weighted by Gasteiger charge is -2.29. The van der Waals surface area contributed by atoms with E-state index in [-0.39, 0.29) is 10.8 Å². The van der Waals surface area contributed by atoms with Crippen molar-refractivity contribution < 1.29 is 22.7 Å². The number of amides is 1. The molecular weight excluding hydrogens is 392 g/mol. The highest BCUT2D eigenvalue weighted by Crippen LogP contribution is 2.26. The van der Waals surface area contributed by atoms with Gasteiger partial charge in [-0.25, -0.2) is 8.42 Å². The van der Waals surface area contributed by atoms with Gasteiger partial charge in [0.05, 0.1) is 4.90 Å². The summed E-state index contributed by atoms with van der Waals surface area (Å²) in [4.78, 5) is 26.2. The Morgan fingerprint density at radius 3 is 2.69 bits per heavy atom. The second-order valence-corrected chi connectivity index (χ2v) is 8.77. The van der Waals surface area contributed by atoms with Gasteiger partial charge in [0.2, 0.25) is 10.0 Å². The SMILES string of the molecule is Cc1ccc(C)c(S(=O)(=O)NCC(=O)OCC(=O)N2CCCc3ccccc32)c1. The predicted octanol–water partition coefficient (Wildman–Crippen LogP) is 2.10. The van der Waals surface area contributed by atoms with Crippen LogP contribution in [0.25, 0.3) is 0 Å². The van der Waals surface area contributed by atoms with Gasteiger partial charge >= 0.3 is 5.97 Å². The number of aryl methyl sites for hydroxylation is 3. The second kappa shape index (κ2) is 8.75. The molecule has 0 aliphatic carbocycles. The zero-order valence-electron chi connectivity index (χ0n) is 16.5. The van der Waals surface area contributed by atoms with Gasteiger partial charge in [0.15, 0.2) is 6.61 Å². The monoisotopic (exact) mass is 416 g/mol. The van der Waals surface area contributed by atoms with Gasteiger partial charge in [0.25, 0.3) is 5.91 Å². The number of nitrogens with zero attached hydrogens (tertiary/aromatic N) is 1. The van der Waals surface area contributed by atoms with E-state index in [2.05, 4.69) is 4.72 Å². The number of fused-ring (bicyclic) bond motifs is 1. The Balaban J connectivity index is 1.55. The average Bonchev–Trinajstić information content (AvgIpc) is 2.71. The maximum Gasteiger partial charge on any atom is 0.321 e. The Morgan fingerprint density at radius 1 is 1.14 bits per heavy atom. The van der Waals surface area contributed by atoms with Crippen molar-refractivity contribution in [3.63, 3.8) is 0 Å². The molecule has 0 atom stereocenters. The summed E-state index contributed by atoms with van der Waals surface area (Å²) in [6.07, 6.45) is 1.74. The van der Waals surface area contributed by atoms with E-state index < -0.39 is 29.1 Å². The number of rotatable bonds is 6. The minimum atomic E-state index is -3.85. The molecule has 2 aromatic carbocycles. The molecule has 0 aromatic heterocycles. The number of nitrogens with one attached hydrogen (secondary N) is 1. The number of para-hydroxylation sites is 1. The molecule has 154 valence electrons. The molecule has 0 fully saturated rings. The zero-order valence-corrected chi connectivity index (χ0v) is 17.3. The van der Waals surface area contributed by atoms with E-state index in [1.165, 1.54) is 0 Å². The quantitative estimate of drug-likeness (QED) is 0.728. The van der Waals surface area contributed by atoms with Crippen LogP contribution in [0.5, 0.6) is 0 Å². The van der Waals surface area contributed by atoms with Gasteiger partial charge in [-0.2, -0.15) is 4.72 Å². The fraction of sp³-hybridized carbons (Fsp3) is 0.333. The lowest BCUT2D eigenvalue weighted by molar-refractivity contribution is -0.146. The van der Waals surface area contributed by atoms with Crippen molar-refractivity contribution in [2.75, 3.05) is 24.6 Å². The van der Waals surface area contributed by atoms with Gasteiger partial charge in [-0.05, 0) is 55.5 Å². The summed E-state index contributed by atoms with van der Waals surface area (Å²) in [5.41, 5.74) is 3.29. The van der Waals surface area contributed by atoms with Crippen LogP contribution in [0.1, 0.15) is 23.1 Å². The lowest BCUT2D eigenvalue weighted by atomic mass is 10.0. The van der Waals surface area contributed by atoms with Gasteiger partial charge in [-0.15, -0.1) is 0 Å². The van der Waals surface area contributed by atoms with Gasteiger partial charge in [0, 0.05) is 12.2 Å². The Morgan fingerprint density at radius 2 is 1.90 bits per heavy atom. The molecule has 0 unspecified atom stereocenters. The third kappa shape index (κ3) is 5.02. The molecule has 1 aliphatic rings. The molecule has 0 bridgehead atoms. The highest BCUT2D eigenvalue weighted by atomic mass is 32.2. The largest absolute Gasteiger partial charge is 0.455 e. The number of anilines is 1. The van der Waals surface area contributed by atoms with Gasteiger partial charge < -0.3 is 9.64 Å². The molecule has 0 radical (unpaired) electrons. The Labute approximate surface area is 170 Å². The molecule has 3 rings (SSSR count). The standard InChI is InChI=1S/C21H24N2O5S/c1-15-9-10-16(2)19(12-15)29(26,27)22-13-21(25)28-14-20(24)23-11-5-7-17-6-3-4-8-18(17)23/h3-4,6,8-10,12,22H,5,7,11,13-14H2,1-2H3. The zero-order chi connectivity index (χ0) is 21.0. The van der Waals surface area contributed by atoms with Crippen molar-refractivity contribution in [3.05, 3.63) is 59.2 Å². The summed E-state index contributed by atoms with van der Waals surface area (Å²) < 4.78 is 32.1. The number of ether oxygens (including phenoxy) is 1. The van der Waals surface area contributed by atoms with Crippen molar-refractivity contribution in [2.24, 2.45) is 0 Å². The highest BCUT2D eigenvalue weighted by molar-refractivity contribution is 7.89. The number of sulfonamides is 1. The fourth-order valence-electron chi connectivity index (χ4n) is 3.29. The van der Waals surface area contributed by atoms with Crippen LogP contribution in [0, 0.1) is 13.8 Å². The van der Waals surface area contributed by atoms with E-state index in [1.807, 2.05) is 30.3 Å². The maximum absolute atomic E-state index is 12.5. The van der Waals surface area contributed by atoms with Crippen LogP contribution in [-0.2, 0) is 30.8 Å². The summed E-state index contributed by atoms with van der Waals surface area (Å²) in [5.74, 6) is -1.14. The minimum Gasteiger partial charge on any atom is -0.455 e. The molecule has 7 nitrogen and oxygen atoms in total. The van der Waals surface area contributed by atoms with Crippen LogP contribution in [0.4, 0.5) is 5.69 Å². The first-order valence-corrected chi connectivity index (χ1v) is 10.9. The molecule has 1 amide bonds. The molecule has 1 heterocycles. The summed E-state index contributed by atoms with van der Waals surface area (Å²) in [7, 11) is -3.85. The van der Waals surface area contributed by atoms with Crippen molar-refractivity contribution in [1.82, 2.24) is 4.72 Å². The molecule has 29 heavy (non-hydrogen) atoms. The van der Waals surface area contributed by atoms with Gasteiger partial charge in [0.1, 0.15) is 6.54 Å². The van der Waals surface area contributed by atoms with E-state index in [9.17, 15) is 18.0 Å². The first-order chi connectivity index (χ1) is 13.8. The number of carbonyl (C=O) groups excluding carboxylic acids is 2. The van der Waals surface area contributed by atoms with Gasteiger partial charge in [-0.3, -0.25) is 9.59 Å². The Hall–Kier alpha value is -2.71. The van der Waals surface area contributed by atoms with Crippen LogP contribution in [0.3, 0.4) is 0 Å². The Bertz CT molecular complexity index is 1030. The van der Waals surface area contributed by atoms with E-state index in [4.69, 9.17) is 4.74 Å². The number of carbonyl (C=O) groups is 2. The van der Waals surface area contributed by atoms with Gasteiger partial charge in [-0.1, -0.05) is 30.3 Å². The summed E-state index contributed by atoms with van der Waals surface area (Å²) in [6, 6.07) is 12.7. The number of hydrogen-bond donors (Lipinski definition) is 1. The minimum absolute atomic E-state index is 0.117. The topological polar surface area (TPSA) is 92.8 Å². The van der Waals surface area contributed by atoms with E-state index in [1.54, 1.807) is 30.9 Å². The van der Waals surface area contributed by atoms with E-state index in [0.717, 1.165) is 29.7 Å². The summed E-state index contributed by atoms with van der Waals surface area (Å²) in [5, 5.41) is 0. The maximum atomic E-state index is 12.5. The fourth-order valence-corrected chi connectivity index (χ4v) is 4.59. The summed E-state index contributed by atoms with van der Waals surface area (Å²) >= 11 is 0. The summed E-state index contributed by atoms with van der Waals surface area (Å²) in [6.45, 7) is 3.06. The predicted molar refractivity (Wildman–Crippen MR) is 109 cm³/mol.